The first kappa shape index (κ1) is 32.1. The third-order valence-electron chi connectivity index (χ3n) is 12.8. The van der Waals surface area contributed by atoms with Gasteiger partial charge in [0.15, 0.2) is 5.82 Å². The van der Waals surface area contributed by atoms with Crippen molar-refractivity contribution in [3.8, 4) is 44.8 Å². The Balaban J connectivity index is 1.09. The molecule has 2 heteroatoms. The Hall–Kier alpha value is -7.16. The van der Waals surface area contributed by atoms with E-state index in [1.54, 1.807) is 0 Å². The Labute approximate surface area is 330 Å². The number of rotatable bonds is 3. The minimum Gasteiger partial charge on any atom is -0.237 e. The van der Waals surface area contributed by atoms with Crippen LogP contribution in [0, 0.1) is 0 Å². The van der Waals surface area contributed by atoms with Crippen molar-refractivity contribution in [2.75, 3.05) is 0 Å². The van der Waals surface area contributed by atoms with Crippen LogP contribution in [-0.4, -0.2) is 9.97 Å². The fourth-order valence-electron chi connectivity index (χ4n) is 10.2. The molecule has 1 aliphatic carbocycles. The zero-order valence-electron chi connectivity index (χ0n) is 31.7. The molecule has 2 nitrogen and oxygen atoms in total. The summed E-state index contributed by atoms with van der Waals surface area (Å²) in [4.78, 5) is 9.24. The molecule has 0 bridgehead atoms. The van der Waals surface area contributed by atoms with E-state index in [0.29, 0.717) is 0 Å². The van der Waals surface area contributed by atoms with Gasteiger partial charge in [0.2, 0.25) is 0 Å². The average Bonchev–Trinajstić information content (AvgIpc) is 3.49. The highest BCUT2D eigenvalue weighted by Gasteiger charge is 2.36. The minimum atomic E-state index is -0.184. The van der Waals surface area contributed by atoms with Crippen molar-refractivity contribution >= 4 is 64.6 Å². The molecule has 0 radical (unpaired) electrons. The molecule has 0 atom stereocenters. The molecule has 1 aromatic heterocycles. The lowest BCUT2D eigenvalue weighted by Crippen LogP contribution is -2.15. The van der Waals surface area contributed by atoms with E-state index in [9.17, 15) is 0 Å². The number of benzene rings is 10. The first-order valence-electron chi connectivity index (χ1n) is 19.8. The summed E-state index contributed by atoms with van der Waals surface area (Å²) in [5.74, 6) is 0.738. The predicted octanol–water partition coefficient (Wildman–Crippen LogP) is 14.7. The van der Waals surface area contributed by atoms with Gasteiger partial charge in [-0.25, -0.2) is 9.97 Å². The molecule has 0 N–H and O–H groups in total. The van der Waals surface area contributed by atoms with Crippen molar-refractivity contribution in [3.63, 3.8) is 0 Å². The van der Waals surface area contributed by atoms with E-state index in [4.69, 9.17) is 0 Å². The lowest BCUT2D eigenvalue weighted by atomic mass is 9.79. The lowest BCUT2D eigenvalue weighted by Gasteiger charge is -2.24. The van der Waals surface area contributed by atoms with Gasteiger partial charge in [-0.15, -0.1) is 0 Å². The summed E-state index contributed by atoms with van der Waals surface area (Å²) in [5.41, 5.74) is 11.3. The second-order valence-corrected chi connectivity index (χ2v) is 16.0. The second kappa shape index (κ2) is 11.9. The summed E-state index contributed by atoms with van der Waals surface area (Å²) in [6, 6.07) is 63.0. The maximum absolute atomic E-state index is 4.62. The van der Waals surface area contributed by atoms with Crippen molar-refractivity contribution in [3.05, 3.63) is 193 Å². The Kier molecular flexibility index (Phi) is 6.72. The van der Waals surface area contributed by atoms with Gasteiger partial charge in [-0.3, -0.25) is 0 Å². The highest BCUT2D eigenvalue weighted by atomic mass is 14.8. The van der Waals surface area contributed by atoms with Crippen LogP contribution in [0.1, 0.15) is 25.0 Å². The molecule has 1 aliphatic rings. The molecule has 0 saturated heterocycles. The Bertz CT molecular complexity index is 3430. The van der Waals surface area contributed by atoms with Crippen LogP contribution in [0.3, 0.4) is 0 Å². The molecule has 0 spiro atoms. The minimum absolute atomic E-state index is 0.184. The largest absolute Gasteiger partial charge is 0.237 e. The van der Waals surface area contributed by atoms with Crippen LogP contribution in [0.25, 0.3) is 109 Å². The Morgan fingerprint density at radius 3 is 1.32 bits per heavy atom. The first-order valence-corrected chi connectivity index (χ1v) is 19.8. The molecule has 11 aromatic rings. The summed E-state index contributed by atoms with van der Waals surface area (Å²) < 4.78 is 0. The number of fused-ring (bicyclic) bond motifs is 12. The maximum Gasteiger partial charge on any atom is 0.159 e. The Morgan fingerprint density at radius 1 is 0.316 bits per heavy atom. The molecule has 266 valence electrons. The monoisotopic (exact) mass is 724 g/mol. The van der Waals surface area contributed by atoms with Crippen LogP contribution in [0.2, 0.25) is 0 Å². The van der Waals surface area contributed by atoms with Crippen LogP contribution in [0.5, 0.6) is 0 Å². The summed E-state index contributed by atoms with van der Waals surface area (Å²) in [7, 11) is 0. The highest BCUT2D eigenvalue weighted by molar-refractivity contribution is 6.27. The SMILES string of the molecule is CC1(C)c2cc(-c3c4ccccc4c(-c4ccc(-c5ncccn5)c5ccccc45)c4ccccc34)ccc2-c2cc3c4ccccc4c4ccccc4c3cc21. The molecule has 0 saturated carbocycles. The predicted molar refractivity (Wildman–Crippen MR) is 241 cm³/mol. The molecule has 0 amide bonds. The van der Waals surface area contributed by atoms with E-state index in [-0.39, 0.29) is 5.41 Å². The fraction of sp³-hybridized carbons (Fsp3) is 0.0545. The number of nitrogens with zero attached hydrogens (tertiary/aromatic N) is 2. The summed E-state index contributed by atoms with van der Waals surface area (Å²) in [6.45, 7) is 4.82. The first-order chi connectivity index (χ1) is 28.1. The van der Waals surface area contributed by atoms with E-state index in [1.807, 2.05) is 18.5 Å². The van der Waals surface area contributed by atoms with Crippen molar-refractivity contribution < 1.29 is 0 Å². The highest BCUT2D eigenvalue weighted by Crippen LogP contribution is 2.53. The Morgan fingerprint density at radius 2 is 0.737 bits per heavy atom. The van der Waals surface area contributed by atoms with Crippen molar-refractivity contribution in [2.45, 2.75) is 19.3 Å². The lowest BCUT2D eigenvalue weighted by molar-refractivity contribution is 0.661. The van der Waals surface area contributed by atoms with Gasteiger partial charge < -0.3 is 0 Å². The van der Waals surface area contributed by atoms with Gasteiger partial charge in [-0.2, -0.15) is 0 Å². The van der Waals surface area contributed by atoms with E-state index in [2.05, 4.69) is 188 Å². The van der Waals surface area contributed by atoms with Crippen LogP contribution in [0.15, 0.2) is 182 Å². The molecule has 57 heavy (non-hydrogen) atoms. The smallest absolute Gasteiger partial charge is 0.159 e. The molecule has 1 heterocycles. The van der Waals surface area contributed by atoms with Crippen LogP contribution < -0.4 is 0 Å². The normalized spacial score (nSPS) is 13.2. The van der Waals surface area contributed by atoms with E-state index in [0.717, 1.165) is 16.8 Å². The van der Waals surface area contributed by atoms with Crippen LogP contribution >= 0.6 is 0 Å². The summed E-state index contributed by atoms with van der Waals surface area (Å²) >= 11 is 0. The fourth-order valence-corrected chi connectivity index (χ4v) is 10.2. The van der Waals surface area contributed by atoms with Crippen molar-refractivity contribution in [1.82, 2.24) is 9.97 Å². The van der Waals surface area contributed by atoms with Gasteiger partial charge in [-0.1, -0.05) is 153 Å². The van der Waals surface area contributed by atoms with E-state index in [1.165, 1.54) is 104 Å². The second-order valence-electron chi connectivity index (χ2n) is 16.0. The van der Waals surface area contributed by atoms with Gasteiger partial charge in [-0.05, 0) is 139 Å². The maximum atomic E-state index is 4.62. The van der Waals surface area contributed by atoms with Gasteiger partial charge in [0.05, 0.1) is 0 Å². The van der Waals surface area contributed by atoms with Gasteiger partial charge in [0, 0.05) is 23.4 Å². The number of hydrogen-bond acceptors (Lipinski definition) is 2. The third kappa shape index (κ3) is 4.53. The van der Waals surface area contributed by atoms with Crippen LogP contribution in [-0.2, 0) is 5.41 Å². The molecule has 0 unspecified atom stereocenters. The van der Waals surface area contributed by atoms with Gasteiger partial charge in [0.1, 0.15) is 0 Å². The topological polar surface area (TPSA) is 25.8 Å². The van der Waals surface area contributed by atoms with E-state index < -0.39 is 0 Å². The van der Waals surface area contributed by atoms with Crippen molar-refractivity contribution in [2.24, 2.45) is 0 Å². The number of aromatic nitrogens is 2. The summed E-state index contributed by atoms with van der Waals surface area (Å²) in [6.07, 6.45) is 3.63. The molecule has 12 rings (SSSR count). The van der Waals surface area contributed by atoms with Gasteiger partial charge >= 0.3 is 0 Å². The summed E-state index contributed by atoms with van der Waals surface area (Å²) in [5, 5.41) is 15.2. The molecule has 10 aromatic carbocycles. The number of hydrogen-bond donors (Lipinski definition) is 0. The van der Waals surface area contributed by atoms with E-state index >= 15 is 0 Å². The van der Waals surface area contributed by atoms with Crippen LogP contribution in [0.4, 0.5) is 0 Å². The standard InChI is InChI=1S/C55H36N2/c1-55(2)50-30-33(24-25-40(50)49-31-47-38-18-7-3-14-34(38)35-15-4-8-19-39(35)48(47)32-51(49)55)52-41-20-9-11-22-43(41)53(44-23-12-10-21-42(44)52)45-26-27-46(54-56-28-13-29-57-54)37-17-6-5-16-36(37)45/h3-32H,1-2H3. The molecule has 0 aliphatic heterocycles. The molecular weight excluding hydrogens is 689 g/mol. The average molecular weight is 725 g/mol. The van der Waals surface area contributed by atoms with Crippen molar-refractivity contribution in [1.29, 1.82) is 0 Å². The zero-order valence-corrected chi connectivity index (χ0v) is 31.7. The molecular formula is C55H36N2. The third-order valence-corrected chi connectivity index (χ3v) is 12.8. The molecule has 0 fully saturated rings. The van der Waals surface area contributed by atoms with Gasteiger partial charge in [0.25, 0.3) is 0 Å². The zero-order chi connectivity index (χ0) is 37.8. The quantitative estimate of drug-likeness (QED) is 0.134.